The maximum atomic E-state index is 5.77. The highest BCUT2D eigenvalue weighted by atomic mass is 16.7. The summed E-state index contributed by atoms with van der Waals surface area (Å²) < 4.78 is 11.5. The summed E-state index contributed by atoms with van der Waals surface area (Å²) in [6.07, 6.45) is 0.573. The zero-order valence-corrected chi connectivity index (χ0v) is 12.3. The van der Waals surface area contributed by atoms with E-state index in [0.717, 1.165) is 28.9 Å². The Morgan fingerprint density at radius 3 is 1.48 bits per heavy atom. The minimum atomic E-state index is -0.222. The van der Waals surface area contributed by atoms with E-state index in [1.807, 2.05) is 55.5 Å². The van der Waals surface area contributed by atoms with Crippen molar-refractivity contribution in [2.24, 2.45) is 0 Å². The summed E-state index contributed by atoms with van der Waals surface area (Å²) in [6, 6.07) is 15.3. The third-order valence-corrected chi connectivity index (χ3v) is 3.16. The molecule has 4 heteroatoms. The molecule has 2 aromatic rings. The first kappa shape index (κ1) is 15.4. The van der Waals surface area contributed by atoms with Gasteiger partial charge in [0, 0.05) is 11.4 Å². The van der Waals surface area contributed by atoms with E-state index in [1.165, 1.54) is 0 Å². The van der Waals surface area contributed by atoms with E-state index in [-0.39, 0.29) is 6.29 Å². The van der Waals surface area contributed by atoms with Gasteiger partial charge in [0.15, 0.2) is 6.29 Å². The van der Waals surface area contributed by atoms with Crippen LogP contribution in [0.2, 0.25) is 0 Å². The van der Waals surface area contributed by atoms with Crippen LogP contribution in [0.5, 0.6) is 0 Å². The summed E-state index contributed by atoms with van der Waals surface area (Å²) >= 11 is 0. The van der Waals surface area contributed by atoms with Crippen LogP contribution in [0.4, 0.5) is 11.4 Å². The molecule has 0 saturated carbocycles. The Kier molecular flexibility index (Phi) is 5.60. The Bertz CT molecular complexity index is 488. The number of hydrogen-bond acceptors (Lipinski definition) is 4. The topological polar surface area (TPSA) is 70.5 Å². The van der Waals surface area contributed by atoms with Crippen molar-refractivity contribution in [1.82, 2.24) is 0 Å². The Balaban J connectivity index is 1.80. The molecular formula is C17H22N2O2. The number of ether oxygens (including phenoxy) is 2. The normalized spacial score (nSPS) is 11.0. The molecule has 0 aromatic heterocycles. The van der Waals surface area contributed by atoms with Crippen LogP contribution in [0, 0.1) is 0 Å². The van der Waals surface area contributed by atoms with Crippen LogP contribution in [0.25, 0.3) is 0 Å². The van der Waals surface area contributed by atoms with Gasteiger partial charge in [-0.2, -0.15) is 0 Å². The van der Waals surface area contributed by atoms with Crippen molar-refractivity contribution >= 4 is 11.4 Å². The van der Waals surface area contributed by atoms with Crippen molar-refractivity contribution in [3.05, 3.63) is 59.7 Å². The van der Waals surface area contributed by atoms with Gasteiger partial charge in [-0.1, -0.05) is 31.2 Å². The Morgan fingerprint density at radius 1 is 0.762 bits per heavy atom. The van der Waals surface area contributed by atoms with Crippen molar-refractivity contribution < 1.29 is 9.47 Å². The van der Waals surface area contributed by atoms with Crippen LogP contribution in [-0.4, -0.2) is 6.29 Å². The molecule has 0 aliphatic rings. The van der Waals surface area contributed by atoms with Gasteiger partial charge in [-0.3, -0.25) is 0 Å². The van der Waals surface area contributed by atoms with E-state index in [0.29, 0.717) is 13.2 Å². The maximum Gasteiger partial charge on any atom is 0.158 e. The van der Waals surface area contributed by atoms with E-state index in [1.54, 1.807) is 0 Å². The van der Waals surface area contributed by atoms with Crippen molar-refractivity contribution in [1.29, 1.82) is 0 Å². The smallest absolute Gasteiger partial charge is 0.158 e. The molecule has 4 N–H and O–H groups in total. The molecule has 2 rings (SSSR count). The Morgan fingerprint density at radius 2 is 1.14 bits per heavy atom. The van der Waals surface area contributed by atoms with Gasteiger partial charge in [-0.05, 0) is 41.8 Å². The fourth-order valence-electron chi connectivity index (χ4n) is 1.89. The SMILES string of the molecule is CCC(OCc1ccc(N)cc1)OCc1ccc(N)cc1. The summed E-state index contributed by atoms with van der Waals surface area (Å²) in [7, 11) is 0. The summed E-state index contributed by atoms with van der Waals surface area (Å²) in [5, 5.41) is 0. The predicted molar refractivity (Wildman–Crippen MR) is 85.4 cm³/mol. The standard InChI is InChI=1S/C17H22N2O2/c1-2-17(20-11-13-3-7-15(18)8-4-13)21-12-14-5-9-16(19)10-6-14/h3-10,17H,2,11-12,18-19H2,1H3. The number of benzene rings is 2. The minimum Gasteiger partial charge on any atom is -0.399 e. The van der Waals surface area contributed by atoms with Gasteiger partial charge < -0.3 is 20.9 Å². The molecule has 0 aliphatic carbocycles. The lowest BCUT2D eigenvalue weighted by molar-refractivity contribution is -0.157. The molecule has 0 aliphatic heterocycles. The largest absolute Gasteiger partial charge is 0.399 e. The second-order valence-electron chi connectivity index (χ2n) is 4.94. The summed E-state index contributed by atoms with van der Waals surface area (Å²) in [4.78, 5) is 0. The lowest BCUT2D eigenvalue weighted by Gasteiger charge is -2.17. The molecule has 0 amide bonds. The highest BCUT2D eigenvalue weighted by Crippen LogP contribution is 2.12. The second-order valence-corrected chi connectivity index (χ2v) is 4.94. The second kappa shape index (κ2) is 7.67. The number of anilines is 2. The van der Waals surface area contributed by atoms with Crippen molar-refractivity contribution in [3.63, 3.8) is 0 Å². The lowest BCUT2D eigenvalue weighted by Crippen LogP contribution is -2.16. The van der Waals surface area contributed by atoms with Gasteiger partial charge in [0.25, 0.3) is 0 Å². The van der Waals surface area contributed by atoms with Crippen LogP contribution in [0.3, 0.4) is 0 Å². The van der Waals surface area contributed by atoms with E-state index < -0.39 is 0 Å². The van der Waals surface area contributed by atoms with E-state index in [9.17, 15) is 0 Å². The molecular weight excluding hydrogens is 264 g/mol. The van der Waals surface area contributed by atoms with Gasteiger partial charge >= 0.3 is 0 Å². The van der Waals surface area contributed by atoms with Crippen molar-refractivity contribution in [2.75, 3.05) is 11.5 Å². The first-order valence-corrected chi connectivity index (χ1v) is 7.09. The lowest BCUT2D eigenvalue weighted by atomic mass is 10.2. The zero-order valence-electron chi connectivity index (χ0n) is 12.3. The van der Waals surface area contributed by atoms with Crippen LogP contribution in [0.1, 0.15) is 24.5 Å². The highest BCUT2D eigenvalue weighted by Gasteiger charge is 2.07. The fraction of sp³-hybridized carbons (Fsp3) is 0.294. The molecule has 4 nitrogen and oxygen atoms in total. The van der Waals surface area contributed by atoms with Gasteiger partial charge in [-0.15, -0.1) is 0 Å². The van der Waals surface area contributed by atoms with Crippen LogP contribution < -0.4 is 11.5 Å². The molecule has 112 valence electrons. The number of nitrogen functional groups attached to an aromatic ring is 2. The summed E-state index contributed by atoms with van der Waals surface area (Å²) in [6.45, 7) is 3.07. The monoisotopic (exact) mass is 286 g/mol. The van der Waals surface area contributed by atoms with Crippen molar-refractivity contribution in [2.45, 2.75) is 32.8 Å². The number of nitrogens with two attached hydrogens (primary N) is 2. The van der Waals surface area contributed by atoms with Gasteiger partial charge in [0.1, 0.15) is 0 Å². The zero-order chi connectivity index (χ0) is 15.1. The van der Waals surface area contributed by atoms with Gasteiger partial charge in [0.05, 0.1) is 13.2 Å². The molecule has 21 heavy (non-hydrogen) atoms. The van der Waals surface area contributed by atoms with Gasteiger partial charge in [-0.25, -0.2) is 0 Å². The predicted octanol–water partition coefficient (Wildman–Crippen LogP) is 3.32. The van der Waals surface area contributed by atoms with Gasteiger partial charge in [0.2, 0.25) is 0 Å². The van der Waals surface area contributed by atoms with Crippen LogP contribution in [0.15, 0.2) is 48.5 Å². The minimum absolute atomic E-state index is 0.222. The first-order valence-electron chi connectivity index (χ1n) is 7.09. The fourth-order valence-corrected chi connectivity index (χ4v) is 1.89. The summed E-state index contributed by atoms with van der Waals surface area (Å²) in [5.41, 5.74) is 15.0. The molecule has 0 spiro atoms. The molecule has 2 aromatic carbocycles. The maximum absolute atomic E-state index is 5.77. The molecule has 0 atom stereocenters. The number of rotatable bonds is 7. The van der Waals surface area contributed by atoms with E-state index in [4.69, 9.17) is 20.9 Å². The summed E-state index contributed by atoms with van der Waals surface area (Å²) in [5.74, 6) is 0. The van der Waals surface area contributed by atoms with Crippen molar-refractivity contribution in [3.8, 4) is 0 Å². The number of hydrogen-bond donors (Lipinski definition) is 2. The first-order chi connectivity index (χ1) is 10.2. The quantitative estimate of drug-likeness (QED) is 0.605. The molecule has 0 unspecified atom stereocenters. The molecule has 0 saturated heterocycles. The average molecular weight is 286 g/mol. The Hall–Kier alpha value is -2.04. The molecule has 0 heterocycles. The third-order valence-electron chi connectivity index (χ3n) is 3.16. The highest BCUT2D eigenvalue weighted by molar-refractivity contribution is 5.39. The van der Waals surface area contributed by atoms with Crippen LogP contribution in [-0.2, 0) is 22.7 Å². The Labute approximate surface area is 125 Å². The van der Waals surface area contributed by atoms with E-state index >= 15 is 0 Å². The van der Waals surface area contributed by atoms with E-state index in [2.05, 4.69) is 0 Å². The molecule has 0 fully saturated rings. The molecule has 0 bridgehead atoms. The molecule has 0 radical (unpaired) electrons. The average Bonchev–Trinajstić information content (AvgIpc) is 2.51. The van der Waals surface area contributed by atoms with Crippen LogP contribution >= 0.6 is 0 Å². The third kappa shape index (κ3) is 5.10.